The molecule has 1 heterocycles. The van der Waals surface area contributed by atoms with Crippen LogP contribution in [0, 0.1) is 0 Å². The number of methoxy groups -OCH3 is 1. The Morgan fingerprint density at radius 2 is 1.92 bits per heavy atom. The summed E-state index contributed by atoms with van der Waals surface area (Å²) in [7, 11) is -2.64. The molecule has 0 atom stereocenters. The molecule has 0 saturated heterocycles. The molecule has 10 heteroatoms. The Balaban J connectivity index is 1.84. The van der Waals surface area contributed by atoms with Gasteiger partial charge >= 0.3 is 5.97 Å². The standard InChI is InChI=1S/C16H18N2O5S3/c1-23-16(20)9-17-26(21,22)14-6-4-12(5-7-14)18-15(19)11-24-10-13-3-2-8-25-13/h2-8,17H,9-11H2,1H3,(H,18,19). The SMILES string of the molecule is COC(=O)CNS(=O)(=O)c1ccc(NC(=O)CSCc2cccs2)cc1. The van der Waals surface area contributed by atoms with Crippen molar-refractivity contribution in [3.63, 3.8) is 0 Å². The van der Waals surface area contributed by atoms with Gasteiger partial charge in [0.2, 0.25) is 15.9 Å². The number of amides is 1. The molecule has 2 aromatic rings. The lowest BCUT2D eigenvalue weighted by Gasteiger charge is -2.08. The topological polar surface area (TPSA) is 102 Å². The van der Waals surface area contributed by atoms with Crippen LogP contribution >= 0.6 is 23.1 Å². The average molecular weight is 415 g/mol. The second-order valence-corrected chi connectivity index (χ2v) is 8.83. The Morgan fingerprint density at radius 1 is 1.19 bits per heavy atom. The van der Waals surface area contributed by atoms with Crippen molar-refractivity contribution >= 4 is 50.7 Å². The number of thiophene rings is 1. The molecule has 1 aromatic carbocycles. The smallest absolute Gasteiger partial charge is 0.320 e. The van der Waals surface area contributed by atoms with E-state index in [2.05, 4.69) is 14.8 Å². The quantitative estimate of drug-likeness (QED) is 0.609. The highest BCUT2D eigenvalue weighted by molar-refractivity contribution is 7.99. The predicted molar refractivity (Wildman–Crippen MR) is 103 cm³/mol. The number of anilines is 1. The predicted octanol–water partition coefficient (Wildman–Crippen LogP) is 2.07. The molecule has 2 N–H and O–H groups in total. The summed E-state index contributed by atoms with van der Waals surface area (Å²) in [4.78, 5) is 24.1. The zero-order valence-electron chi connectivity index (χ0n) is 13.9. The number of ether oxygens (including phenoxy) is 1. The monoisotopic (exact) mass is 414 g/mol. The number of carbonyl (C=O) groups excluding carboxylic acids is 2. The van der Waals surface area contributed by atoms with E-state index in [1.165, 1.54) is 48.0 Å². The second-order valence-electron chi connectivity index (χ2n) is 5.05. The van der Waals surface area contributed by atoms with Crippen LogP contribution in [0.4, 0.5) is 5.69 Å². The number of esters is 1. The van der Waals surface area contributed by atoms with Crippen molar-refractivity contribution in [2.75, 3.05) is 24.7 Å². The fourth-order valence-electron chi connectivity index (χ4n) is 1.86. The van der Waals surface area contributed by atoms with Crippen molar-refractivity contribution in [2.24, 2.45) is 0 Å². The van der Waals surface area contributed by atoms with Crippen LogP contribution in [0.15, 0.2) is 46.7 Å². The molecule has 0 aliphatic carbocycles. The highest BCUT2D eigenvalue weighted by atomic mass is 32.2. The van der Waals surface area contributed by atoms with Crippen LogP contribution in [-0.4, -0.2) is 39.7 Å². The fraction of sp³-hybridized carbons (Fsp3) is 0.250. The molecule has 1 aromatic heterocycles. The summed E-state index contributed by atoms with van der Waals surface area (Å²) >= 11 is 3.15. The lowest BCUT2D eigenvalue weighted by atomic mass is 10.3. The fourth-order valence-corrected chi connectivity index (χ4v) is 4.50. The second kappa shape index (κ2) is 9.72. The van der Waals surface area contributed by atoms with Crippen molar-refractivity contribution < 1.29 is 22.7 Å². The van der Waals surface area contributed by atoms with Crippen LogP contribution < -0.4 is 10.0 Å². The zero-order chi connectivity index (χ0) is 19.0. The highest BCUT2D eigenvalue weighted by Crippen LogP contribution is 2.18. The minimum atomic E-state index is -3.82. The van der Waals surface area contributed by atoms with Crippen molar-refractivity contribution in [1.82, 2.24) is 4.72 Å². The number of rotatable bonds is 9. The zero-order valence-corrected chi connectivity index (χ0v) is 16.4. The summed E-state index contributed by atoms with van der Waals surface area (Å²) in [6.07, 6.45) is 0. The van der Waals surface area contributed by atoms with E-state index in [9.17, 15) is 18.0 Å². The van der Waals surface area contributed by atoms with E-state index in [0.29, 0.717) is 11.4 Å². The number of thioether (sulfide) groups is 1. The van der Waals surface area contributed by atoms with E-state index in [4.69, 9.17) is 0 Å². The Morgan fingerprint density at radius 3 is 2.54 bits per heavy atom. The minimum Gasteiger partial charge on any atom is -0.468 e. The van der Waals surface area contributed by atoms with Gasteiger partial charge in [0.05, 0.1) is 17.8 Å². The Bertz CT molecular complexity index is 833. The normalized spacial score (nSPS) is 11.1. The van der Waals surface area contributed by atoms with Gasteiger partial charge in [-0.3, -0.25) is 9.59 Å². The molecule has 0 bridgehead atoms. The molecule has 0 radical (unpaired) electrons. The summed E-state index contributed by atoms with van der Waals surface area (Å²) in [5.41, 5.74) is 0.499. The summed E-state index contributed by atoms with van der Waals surface area (Å²) in [6, 6.07) is 9.68. The molecule has 140 valence electrons. The molecule has 0 fully saturated rings. The number of carbonyl (C=O) groups is 2. The van der Waals surface area contributed by atoms with E-state index in [0.717, 1.165) is 5.75 Å². The number of benzene rings is 1. The summed E-state index contributed by atoms with van der Waals surface area (Å²) < 4.78 is 30.6. The van der Waals surface area contributed by atoms with Crippen LogP contribution in [0.2, 0.25) is 0 Å². The lowest BCUT2D eigenvalue weighted by Crippen LogP contribution is -2.30. The molecule has 0 aliphatic rings. The van der Waals surface area contributed by atoms with E-state index in [-0.39, 0.29) is 10.8 Å². The third-order valence-electron chi connectivity index (χ3n) is 3.14. The van der Waals surface area contributed by atoms with Gasteiger partial charge in [0, 0.05) is 16.3 Å². The van der Waals surface area contributed by atoms with Crippen LogP contribution in [0.1, 0.15) is 4.88 Å². The number of hydrogen-bond donors (Lipinski definition) is 2. The van der Waals surface area contributed by atoms with Gasteiger partial charge in [0.15, 0.2) is 0 Å². The molecule has 2 rings (SSSR count). The van der Waals surface area contributed by atoms with E-state index >= 15 is 0 Å². The first-order chi connectivity index (χ1) is 12.4. The van der Waals surface area contributed by atoms with Gasteiger partial charge in [-0.05, 0) is 35.7 Å². The molecular formula is C16H18N2O5S3. The van der Waals surface area contributed by atoms with Crippen LogP contribution in [0.25, 0.3) is 0 Å². The van der Waals surface area contributed by atoms with E-state index in [1.54, 1.807) is 11.3 Å². The molecule has 1 amide bonds. The maximum Gasteiger partial charge on any atom is 0.320 e. The molecular weight excluding hydrogens is 396 g/mol. The van der Waals surface area contributed by atoms with Gasteiger partial charge in [-0.2, -0.15) is 4.72 Å². The average Bonchev–Trinajstić information content (AvgIpc) is 3.13. The Hall–Kier alpha value is -1.88. The van der Waals surface area contributed by atoms with Crippen molar-refractivity contribution in [1.29, 1.82) is 0 Å². The maximum absolute atomic E-state index is 12.0. The summed E-state index contributed by atoms with van der Waals surface area (Å²) in [5, 5.41) is 4.71. The van der Waals surface area contributed by atoms with Gasteiger partial charge in [-0.1, -0.05) is 6.07 Å². The largest absolute Gasteiger partial charge is 0.468 e. The third-order valence-corrected chi connectivity index (χ3v) is 6.60. The van der Waals surface area contributed by atoms with E-state index < -0.39 is 22.5 Å². The first-order valence-corrected chi connectivity index (χ1v) is 11.0. The van der Waals surface area contributed by atoms with Gasteiger partial charge in [0.25, 0.3) is 0 Å². The third kappa shape index (κ3) is 6.45. The molecule has 0 saturated carbocycles. The van der Waals surface area contributed by atoms with Crippen molar-refractivity contribution in [3.8, 4) is 0 Å². The molecule has 0 spiro atoms. The van der Waals surface area contributed by atoms with Crippen LogP contribution in [0.5, 0.6) is 0 Å². The van der Waals surface area contributed by atoms with Crippen molar-refractivity contribution in [2.45, 2.75) is 10.6 Å². The Labute approximate surface area is 160 Å². The number of hydrogen-bond acceptors (Lipinski definition) is 7. The van der Waals surface area contributed by atoms with Crippen LogP contribution in [-0.2, 0) is 30.1 Å². The molecule has 7 nitrogen and oxygen atoms in total. The summed E-state index contributed by atoms with van der Waals surface area (Å²) in [5.74, 6) is 0.232. The summed E-state index contributed by atoms with van der Waals surface area (Å²) in [6.45, 7) is -0.446. The van der Waals surface area contributed by atoms with Gasteiger partial charge in [0.1, 0.15) is 6.54 Å². The number of nitrogens with one attached hydrogen (secondary N) is 2. The van der Waals surface area contributed by atoms with Gasteiger partial charge < -0.3 is 10.1 Å². The van der Waals surface area contributed by atoms with Crippen LogP contribution in [0.3, 0.4) is 0 Å². The molecule has 26 heavy (non-hydrogen) atoms. The molecule has 0 unspecified atom stereocenters. The highest BCUT2D eigenvalue weighted by Gasteiger charge is 2.15. The maximum atomic E-state index is 12.0. The van der Waals surface area contributed by atoms with E-state index in [1.807, 2.05) is 17.5 Å². The number of sulfonamides is 1. The Kier molecular flexibility index (Phi) is 7.64. The first-order valence-electron chi connectivity index (χ1n) is 7.47. The van der Waals surface area contributed by atoms with Crippen molar-refractivity contribution in [3.05, 3.63) is 46.7 Å². The molecule has 0 aliphatic heterocycles. The van der Waals surface area contributed by atoms with Gasteiger partial charge in [-0.15, -0.1) is 23.1 Å². The first kappa shape index (κ1) is 20.4. The van der Waals surface area contributed by atoms with Gasteiger partial charge in [-0.25, -0.2) is 8.42 Å². The minimum absolute atomic E-state index is 0.00790. The lowest BCUT2D eigenvalue weighted by molar-refractivity contribution is -0.139.